The molecule has 0 radical (unpaired) electrons. The van der Waals surface area contributed by atoms with Gasteiger partial charge in [0.1, 0.15) is 17.1 Å². The number of aryl methyl sites for hydroxylation is 2. The van der Waals surface area contributed by atoms with Crippen LogP contribution in [-0.4, -0.2) is 27.6 Å². The lowest BCUT2D eigenvalue weighted by Crippen LogP contribution is -2.15. The standard InChI is InChI=1S/C25H26N4O2/c1-3-19-7-4-5-8-21(19)28-24(30)15-14-23-27-22-9-6-16-26-25(22)29(23)17-18-10-12-20(31-2)13-11-18/h4-13,16H,3,14-15,17H2,1-2H3,(H,28,30). The van der Waals surface area contributed by atoms with E-state index in [9.17, 15) is 4.79 Å². The van der Waals surface area contributed by atoms with Crippen molar-refractivity contribution < 1.29 is 9.53 Å². The number of fused-ring (bicyclic) bond motifs is 1. The van der Waals surface area contributed by atoms with Gasteiger partial charge in [0.05, 0.1) is 13.7 Å². The van der Waals surface area contributed by atoms with Crippen LogP contribution in [0.2, 0.25) is 0 Å². The second kappa shape index (κ2) is 9.43. The molecule has 1 N–H and O–H groups in total. The first-order valence-corrected chi connectivity index (χ1v) is 10.5. The first-order valence-electron chi connectivity index (χ1n) is 10.5. The Balaban J connectivity index is 1.53. The molecule has 158 valence electrons. The molecule has 2 aromatic carbocycles. The minimum Gasteiger partial charge on any atom is -0.497 e. The molecule has 0 aliphatic rings. The van der Waals surface area contributed by atoms with E-state index in [0.717, 1.165) is 46.0 Å². The molecular formula is C25H26N4O2. The molecule has 1 amide bonds. The van der Waals surface area contributed by atoms with Crippen molar-refractivity contribution in [2.24, 2.45) is 0 Å². The summed E-state index contributed by atoms with van der Waals surface area (Å²) in [6.45, 7) is 2.71. The van der Waals surface area contributed by atoms with Gasteiger partial charge in [-0.1, -0.05) is 37.3 Å². The molecule has 0 atom stereocenters. The third kappa shape index (κ3) is 4.74. The SMILES string of the molecule is CCc1ccccc1NC(=O)CCc1nc2cccnc2n1Cc1ccc(OC)cc1. The molecule has 4 aromatic rings. The predicted molar refractivity (Wildman–Crippen MR) is 122 cm³/mol. The van der Waals surface area contributed by atoms with Crippen molar-refractivity contribution in [1.82, 2.24) is 14.5 Å². The molecule has 0 saturated carbocycles. The third-order valence-corrected chi connectivity index (χ3v) is 5.33. The van der Waals surface area contributed by atoms with Gasteiger partial charge in [-0.15, -0.1) is 0 Å². The first-order chi connectivity index (χ1) is 15.2. The van der Waals surface area contributed by atoms with E-state index >= 15 is 0 Å². The van der Waals surface area contributed by atoms with E-state index in [0.29, 0.717) is 19.4 Å². The fourth-order valence-electron chi connectivity index (χ4n) is 3.66. The average molecular weight is 415 g/mol. The number of rotatable bonds is 8. The van der Waals surface area contributed by atoms with Gasteiger partial charge in [-0.2, -0.15) is 0 Å². The van der Waals surface area contributed by atoms with Gasteiger partial charge in [-0.05, 0) is 47.9 Å². The summed E-state index contributed by atoms with van der Waals surface area (Å²) in [4.78, 5) is 21.9. The number of pyridine rings is 1. The monoisotopic (exact) mass is 414 g/mol. The molecule has 0 bridgehead atoms. The summed E-state index contributed by atoms with van der Waals surface area (Å²) in [7, 11) is 1.66. The summed E-state index contributed by atoms with van der Waals surface area (Å²) >= 11 is 0. The minimum atomic E-state index is -0.0167. The quantitative estimate of drug-likeness (QED) is 0.457. The maximum absolute atomic E-state index is 12.6. The van der Waals surface area contributed by atoms with E-state index in [2.05, 4.69) is 21.8 Å². The maximum atomic E-state index is 12.6. The Kier molecular flexibility index (Phi) is 6.26. The molecule has 0 fully saturated rings. The van der Waals surface area contributed by atoms with E-state index in [-0.39, 0.29) is 5.91 Å². The number of ether oxygens (including phenoxy) is 1. The Morgan fingerprint density at radius 2 is 1.87 bits per heavy atom. The number of nitrogens with zero attached hydrogens (tertiary/aromatic N) is 3. The number of anilines is 1. The second-order valence-electron chi connectivity index (χ2n) is 7.37. The van der Waals surface area contributed by atoms with Gasteiger partial charge in [0, 0.05) is 24.7 Å². The number of imidazole rings is 1. The number of carbonyl (C=O) groups is 1. The van der Waals surface area contributed by atoms with Gasteiger partial charge in [0.25, 0.3) is 0 Å². The minimum absolute atomic E-state index is 0.0167. The van der Waals surface area contributed by atoms with Gasteiger partial charge < -0.3 is 14.6 Å². The lowest BCUT2D eigenvalue weighted by molar-refractivity contribution is -0.116. The molecule has 0 unspecified atom stereocenters. The zero-order valence-electron chi connectivity index (χ0n) is 17.8. The third-order valence-electron chi connectivity index (χ3n) is 5.33. The highest BCUT2D eigenvalue weighted by Crippen LogP contribution is 2.20. The van der Waals surface area contributed by atoms with E-state index in [1.807, 2.05) is 60.7 Å². The van der Waals surface area contributed by atoms with E-state index in [4.69, 9.17) is 9.72 Å². The Labute approximate surface area is 181 Å². The predicted octanol–water partition coefficient (Wildman–Crippen LogP) is 4.62. The zero-order chi connectivity index (χ0) is 21.6. The van der Waals surface area contributed by atoms with Crippen molar-refractivity contribution in [3.05, 3.63) is 83.8 Å². The molecular weight excluding hydrogens is 388 g/mol. The number of benzene rings is 2. The fraction of sp³-hybridized carbons (Fsp3) is 0.240. The number of nitrogens with one attached hydrogen (secondary N) is 1. The summed E-state index contributed by atoms with van der Waals surface area (Å²) in [5.74, 6) is 1.65. The molecule has 2 heterocycles. The number of aromatic nitrogens is 3. The maximum Gasteiger partial charge on any atom is 0.224 e. The average Bonchev–Trinajstić information content (AvgIpc) is 3.16. The van der Waals surface area contributed by atoms with E-state index in [1.165, 1.54) is 0 Å². The Morgan fingerprint density at radius 3 is 2.65 bits per heavy atom. The molecule has 6 heteroatoms. The normalized spacial score (nSPS) is 10.9. The smallest absolute Gasteiger partial charge is 0.224 e. The Hall–Kier alpha value is -3.67. The highest BCUT2D eigenvalue weighted by Gasteiger charge is 2.14. The van der Waals surface area contributed by atoms with Crippen molar-refractivity contribution in [2.75, 3.05) is 12.4 Å². The van der Waals surface area contributed by atoms with Crippen LogP contribution in [0.15, 0.2) is 66.9 Å². The van der Waals surface area contributed by atoms with E-state index in [1.54, 1.807) is 13.3 Å². The molecule has 0 aliphatic heterocycles. The summed E-state index contributed by atoms with van der Waals surface area (Å²) in [5, 5.41) is 3.04. The highest BCUT2D eigenvalue weighted by molar-refractivity contribution is 5.91. The molecule has 6 nitrogen and oxygen atoms in total. The van der Waals surface area contributed by atoms with Crippen LogP contribution in [-0.2, 0) is 24.2 Å². The highest BCUT2D eigenvalue weighted by atomic mass is 16.5. The molecule has 2 aromatic heterocycles. The van der Waals surface area contributed by atoms with Crippen LogP contribution < -0.4 is 10.1 Å². The second-order valence-corrected chi connectivity index (χ2v) is 7.37. The zero-order valence-corrected chi connectivity index (χ0v) is 17.8. The summed E-state index contributed by atoms with van der Waals surface area (Å²) in [6, 6.07) is 19.7. The van der Waals surface area contributed by atoms with Crippen molar-refractivity contribution in [1.29, 1.82) is 0 Å². The van der Waals surface area contributed by atoms with Gasteiger partial charge in [-0.3, -0.25) is 4.79 Å². The van der Waals surface area contributed by atoms with Crippen LogP contribution in [0.4, 0.5) is 5.69 Å². The largest absolute Gasteiger partial charge is 0.497 e. The Bertz CT molecular complexity index is 1180. The number of hydrogen-bond donors (Lipinski definition) is 1. The van der Waals surface area contributed by atoms with Crippen LogP contribution in [0, 0.1) is 0 Å². The summed E-state index contributed by atoms with van der Waals surface area (Å²) in [5.41, 5.74) is 4.79. The number of para-hydroxylation sites is 1. The van der Waals surface area contributed by atoms with Crippen LogP contribution in [0.1, 0.15) is 30.3 Å². The van der Waals surface area contributed by atoms with E-state index < -0.39 is 0 Å². The van der Waals surface area contributed by atoms with Crippen LogP contribution in [0.5, 0.6) is 5.75 Å². The fourth-order valence-corrected chi connectivity index (χ4v) is 3.66. The van der Waals surface area contributed by atoms with Crippen molar-refractivity contribution >= 4 is 22.8 Å². The number of methoxy groups -OCH3 is 1. The summed E-state index contributed by atoms with van der Waals surface area (Å²) < 4.78 is 7.34. The molecule has 0 saturated heterocycles. The number of amides is 1. The Morgan fingerprint density at radius 1 is 1.06 bits per heavy atom. The van der Waals surface area contributed by atoms with Gasteiger partial charge in [0.2, 0.25) is 5.91 Å². The lowest BCUT2D eigenvalue weighted by atomic mass is 10.1. The lowest BCUT2D eigenvalue weighted by Gasteiger charge is -2.11. The van der Waals surface area contributed by atoms with Gasteiger partial charge >= 0.3 is 0 Å². The molecule has 4 rings (SSSR count). The van der Waals surface area contributed by atoms with Crippen molar-refractivity contribution in [2.45, 2.75) is 32.7 Å². The van der Waals surface area contributed by atoms with Gasteiger partial charge in [-0.25, -0.2) is 9.97 Å². The van der Waals surface area contributed by atoms with Crippen molar-refractivity contribution in [3.8, 4) is 5.75 Å². The van der Waals surface area contributed by atoms with Crippen LogP contribution in [0.3, 0.4) is 0 Å². The molecule has 0 spiro atoms. The van der Waals surface area contributed by atoms with Crippen LogP contribution >= 0.6 is 0 Å². The first kappa shape index (κ1) is 20.6. The summed E-state index contributed by atoms with van der Waals surface area (Å²) in [6.07, 6.45) is 3.53. The van der Waals surface area contributed by atoms with Crippen LogP contribution in [0.25, 0.3) is 11.2 Å². The molecule has 31 heavy (non-hydrogen) atoms. The number of hydrogen-bond acceptors (Lipinski definition) is 4. The topological polar surface area (TPSA) is 69.0 Å². The van der Waals surface area contributed by atoms with Gasteiger partial charge in [0.15, 0.2) is 5.65 Å². The molecule has 0 aliphatic carbocycles. The van der Waals surface area contributed by atoms with Crippen molar-refractivity contribution in [3.63, 3.8) is 0 Å². The number of carbonyl (C=O) groups excluding carboxylic acids is 1.